The second-order valence-corrected chi connectivity index (χ2v) is 14.8. The summed E-state index contributed by atoms with van der Waals surface area (Å²) in [6.45, 7) is 16.2. The Hall–Kier alpha value is -1.64. The molecular formula is C34H57NO11. The molecule has 0 aromatic heterocycles. The van der Waals surface area contributed by atoms with Gasteiger partial charge in [-0.3, -0.25) is 9.59 Å². The van der Waals surface area contributed by atoms with Gasteiger partial charge in [0.1, 0.15) is 29.7 Å². The molecule has 0 aromatic carbocycles. The third-order valence-electron chi connectivity index (χ3n) is 10.7. The first kappa shape index (κ1) is 37.2. The lowest BCUT2D eigenvalue weighted by atomic mass is 9.79. The van der Waals surface area contributed by atoms with E-state index in [0.29, 0.717) is 18.6 Å². The SMILES string of the molecule is COC1(C)C[C@H](O[C@H]2[C@H](C)[C@@H](O[C@@H]3OC(C)CC(N(C)C)C3O)[C@@]3(C)CC(C)=C(O3)[C@H](C)[C@H](C(C)=O)OC(=O)[C@@H]2C)OC(C)[C@@H]1O. The largest absolute Gasteiger partial charge is 0.488 e. The quantitative estimate of drug-likeness (QED) is 0.390. The first-order valence-electron chi connectivity index (χ1n) is 16.6. The molecule has 46 heavy (non-hydrogen) atoms. The first-order valence-corrected chi connectivity index (χ1v) is 16.6. The second kappa shape index (κ2) is 14.1. The summed E-state index contributed by atoms with van der Waals surface area (Å²) in [6, 6.07) is -0.202. The Morgan fingerprint density at radius 1 is 1.02 bits per heavy atom. The van der Waals surface area contributed by atoms with Crippen LogP contribution in [0.5, 0.6) is 0 Å². The minimum atomic E-state index is -1.06. The maximum absolute atomic E-state index is 13.9. The number of nitrogens with zero attached hydrogens (tertiary/aromatic N) is 1. The van der Waals surface area contributed by atoms with Crippen molar-refractivity contribution in [2.24, 2.45) is 17.8 Å². The lowest BCUT2D eigenvalue weighted by Crippen LogP contribution is -2.60. The van der Waals surface area contributed by atoms with E-state index in [4.69, 9.17) is 33.2 Å². The van der Waals surface area contributed by atoms with Crippen molar-refractivity contribution in [2.75, 3.05) is 21.2 Å². The van der Waals surface area contributed by atoms with Gasteiger partial charge in [-0.1, -0.05) is 13.8 Å². The number of rotatable bonds is 7. The number of likely N-dealkylation sites (N-methyl/N-ethyl adjacent to an activating group) is 1. The molecule has 2 N–H and O–H groups in total. The molecular weight excluding hydrogens is 598 g/mol. The number of ether oxygens (including phenoxy) is 7. The lowest BCUT2D eigenvalue weighted by molar-refractivity contribution is -0.316. The predicted octanol–water partition coefficient (Wildman–Crippen LogP) is 2.96. The monoisotopic (exact) mass is 655 g/mol. The zero-order valence-corrected chi connectivity index (χ0v) is 29.6. The van der Waals surface area contributed by atoms with Crippen LogP contribution in [-0.4, -0.2) is 121 Å². The van der Waals surface area contributed by atoms with Crippen molar-refractivity contribution in [2.45, 2.75) is 154 Å². The van der Waals surface area contributed by atoms with Gasteiger partial charge in [0.25, 0.3) is 0 Å². The van der Waals surface area contributed by atoms with E-state index < -0.39 is 84.1 Å². The summed E-state index contributed by atoms with van der Waals surface area (Å²) in [7, 11) is 5.36. The molecule has 4 aliphatic heterocycles. The Labute approximate surface area is 274 Å². The number of aliphatic hydroxyl groups excluding tert-OH is 2. The van der Waals surface area contributed by atoms with Crippen molar-refractivity contribution < 1.29 is 53.0 Å². The number of carbonyl (C=O) groups excluding carboxylic acids is 2. The number of Topliss-reactive ketones (excluding diaryl/α,β-unsaturated/α-hetero) is 1. The Kier molecular flexibility index (Phi) is 11.4. The van der Waals surface area contributed by atoms with Crippen molar-refractivity contribution in [1.29, 1.82) is 0 Å². The number of hydrogen-bond acceptors (Lipinski definition) is 12. The van der Waals surface area contributed by atoms with Gasteiger partial charge in [-0.05, 0) is 74.6 Å². The molecule has 4 heterocycles. The van der Waals surface area contributed by atoms with Gasteiger partial charge in [-0.15, -0.1) is 0 Å². The molecule has 0 spiro atoms. The van der Waals surface area contributed by atoms with Crippen LogP contribution in [0.25, 0.3) is 0 Å². The van der Waals surface area contributed by atoms with Gasteiger partial charge in [0.05, 0.1) is 35.7 Å². The molecule has 4 rings (SSSR count). The number of cyclic esters (lactones) is 1. The molecule has 0 saturated carbocycles. The van der Waals surface area contributed by atoms with Crippen molar-refractivity contribution in [1.82, 2.24) is 4.90 Å². The van der Waals surface area contributed by atoms with E-state index in [-0.39, 0.29) is 24.3 Å². The summed E-state index contributed by atoms with van der Waals surface area (Å²) in [5, 5.41) is 22.3. The number of ketones is 1. The molecule has 0 aliphatic carbocycles. The number of methoxy groups -OCH3 is 1. The fraction of sp³-hybridized carbons (Fsp3) is 0.882. The molecule has 12 nitrogen and oxygen atoms in total. The van der Waals surface area contributed by atoms with E-state index >= 15 is 0 Å². The molecule has 3 fully saturated rings. The lowest BCUT2D eigenvalue weighted by Gasteiger charge is -2.48. The smallest absolute Gasteiger partial charge is 0.312 e. The van der Waals surface area contributed by atoms with E-state index in [9.17, 15) is 19.8 Å². The van der Waals surface area contributed by atoms with E-state index in [1.165, 1.54) is 14.0 Å². The van der Waals surface area contributed by atoms with Gasteiger partial charge >= 0.3 is 5.97 Å². The minimum Gasteiger partial charge on any atom is -0.488 e. The van der Waals surface area contributed by atoms with Crippen molar-refractivity contribution in [3.63, 3.8) is 0 Å². The van der Waals surface area contributed by atoms with Crippen LogP contribution in [0.15, 0.2) is 11.3 Å². The number of hydrogen-bond donors (Lipinski definition) is 2. The summed E-state index contributed by atoms with van der Waals surface area (Å²) in [5.74, 6) is -2.26. The Morgan fingerprint density at radius 2 is 1.67 bits per heavy atom. The summed E-state index contributed by atoms with van der Waals surface area (Å²) in [6.07, 6.45) is -5.84. The van der Waals surface area contributed by atoms with Crippen LogP contribution < -0.4 is 0 Å². The van der Waals surface area contributed by atoms with E-state index in [1.807, 2.05) is 53.6 Å². The zero-order chi connectivity index (χ0) is 34.5. The van der Waals surface area contributed by atoms with Crippen molar-refractivity contribution >= 4 is 11.8 Å². The Morgan fingerprint density at radius 3 is 2.26 bits per heavy atom. The molecule has 4 aliphatic rings. The molecule has 2 bridgehead atoms. The number of aliphatic hydroxyl groups is 2. The molecule has 0 amide bonds. The summed E-state index contributed by atoms with van der Waals surface area (Å²) in [5.41, 5.74) is -1.01. The highest BCUT2D eigenvalue weighted by molar-refractivity contribution is 5.84. The predicted molar refractivity (Wildman–Crippen MR) is 167 cm³/mol. The highest BCUT2D eigenvalue weighted by atomic mass is 16.7. The van der Waals surface area contributed by atoms with Gasteiger partial charge in [0.2, 0.25) is 0 Å². The molecule has 12 heteroatoms. The third-order valence-corrected chi connectivity index (χ3v) is 10.7. The van der Waals surface area contributed by atoms with Crippen LogP contribution in [0.3, 0.4) is 0 Å². The fourth-order valence-electron chi connectivity index (χ4n) is 7.93. The highest BCUT2D eigenvalue weighted by Gasteiger charge is 2.55. The van der Waals surface area contributed by atoms with Gasteiger partial charge in [0, 0.05) is 31.9 Å². The third kappa shape index (κ3) is 7.19. The Balaban J connectivity index is 1.79. The van der Waals surface area contributed by atoms with Crippen molar-refractivity contribution in [3.05, 3.63) is 11.3 Å². The molecule has 5 unspecified atom stereocenters. The highest BCUT2D eigenvalue weighted by Crippen LogP contribution is 2.47. The zero-order valence-electron chi connectivity index (χ0n) is 29.6. The van der Waals surface area contributed by atoms with Crippen LogP contribution in [0.1, 0.15) is 81.6 Å². The number of esters is 1. The fourth-order valence-corrected chi connectivity index (χ4v) is 7.93. The van der Waals surface area contributed by atoms with Crippen LogP contribution >= 0.6 is 0 Å². The molecule has 15 atom stereocenters. The van der Waals surface area contributed by atoms with E-state index in [1.54, 1.807) is 20.8 Å². The molecule has 3 saturated heterocycles. The minimum absolute atomic E-state index is 0.181. The topological polar surface area (TPSA) is 142 Å². The van der Waals surface area contributed by atoms with Crippen LogP contribution in [0.2, 0.25) is 0 Å². The summed E-state index contributed by atoms with van der Waals surface area (Å²) in [4.78, 5) is 28.7. The van der Waals surface area contributed by atoms with Crippen molar-refractivity contribution in [3.8, 4) is 0 Å². The van der Waals surface area contributed by atoms with Gasteiger partial charge in [-0.25, -0.2) is 0 Å². The molecule has 0 radical (unpaired) electrons. The van der Waals surface area contributed by atoms with Gasteiger partial charge < -0.3 is 48.3 Å². The molecule has 0 aromatic rings. The average Bonchev–Trinajstić information content (AvgIpc) is 3.29. The summed E-state index contributed by atoms with van der Waals surface area (Å²) < 4.78 is 44.2. The van der Waals surface area contributed by atoms with Crippen LogP contribution in [0, 0.1) is 17.8 Å². The second-order valence-electron chi connectivity index (χ2n) is 14.8. The van der Waals surface area contributed by atoms with E-state index in [0.717, 1.165) is 5.57 Å². The normalized spacial score (nSPS) is 47.3. The van der Waals surface area contributed by atoms with Crippen LogP contribution in [-0.2, 0) is 42.7 Å². The standard InChI is InChI=1S/C34H57NO11/c1-16-14-34(9)30(45-32-25(37)23(35(10)11)13-17(2)41-32)19(4)27(43-24-15-33(8,40-12)29(38)22(7)42-24)20(5)31(39)44-28(21(6)36)18(3)26(16)46-34/h17-20,22-25,27-30,32,37-38H,13-15H2,1-12H3/t17?,18-,19-,20+,22?,23?,24-,25?,27-,28+,29-,30+,32-,33?,34+/m0/s1. The van der Waals surface area contributed by atoms with Gasteiger partial charge in [0.15, 0.2) is 24.5 Å². The maximum Gasteiger partial charge on any atom is 0.312 e. The number of fused-ring (bicyclic) bond motifs is 2. The Bertz CT molecular complexity index is 1150. The van der Waals surface area contributed by atoms with E-state index in [2.05, 4.69) is 0 Å². The average molecular weight is 656 g/mol. The number of carbonyl (C=O) groups is 2. The summed E-state index contributed by atoms with van der Waals surface area (Å²) >= 11 is 0. The van der Waals surface area contributed by atoms with Crippen LogP contribution in [0.4, 0.5) is 0 Å². The molecule has 264 valence electrons. The maximum atomic E-state index is 13.9. The first-order chi connectivity index (χ1) is 21.3. The van der Waals surface area contributed by atoms with Gasteiger partial charge in [-0.2, -0.15) is 0 Å².